The van der Waals surface area contributed by atoms with Crippen molar-refractivity contribution >= 4 is 23.3 Å². The number of likely N-dealkylation sites (tertiary alicyclic amines) is 1. The highest BCUT2D eigenvalue weighted by Crippen LogP contribution is 2.23. The summed E-state index contributed by atoms with van der Waals surface area (Å²) in [6, 6.07) is 24.7. The summed E-state index contributed by atoms with van der Waals surface area (Å²) >= 11 is 1.73. The molecule has 5 nitrogen and oxygen atoms in total. The van der Waals surface area contributed by atoms with Gasteiger partial charge in [0.25, 0.3) is 5.91 Å². The van der Waals surface area contributed by atoms with Crippen LogP contribution in [0.3, 0.4) is 0 Å². The second kappa shape index (κ2) is 10.2. The normalized spacial score (nSPS) is 15.0. The topological polar surface area (TPSA) is 49.6 Å². The standard InChI is InChI=1S/C27H28N4OS/c32-27(29-23-13-16-30(17-14-23)18-21-6-2-1-3-7-21)22-9-11-25(12-10-22)33-20-24-19-31-15-5-4-8-26(31)28-24/h1-12,15,19,23H,13-14,16-18,20H2,(H,29,32). The van der Waals surface area contributed by atoms with E-state index in [1.807, 2.05) is 53.1 Å². The number of pyridine rings is 1. The van der Waals surface area contributed by atoms with E-state index < -0.39 is 0 Å². The minimum Gasteiger partial charge on any atom is -0.349 e. The van der Waals surface area contributed by atoms with Crippen molar-refractivity contribution in [3.63, 3.8) is 0 Å². The van der Waals surface area contributed by atoms with Gasteiger partial charge in [0.15, 0.2) is 0 Å². The Kier molecular flexibility index (Phi) is 6.74. The highest BCUT2D eigenvalue weighted by atomic mass is 32.2. The molecule has 33 heavy (non-hydrogen) atoms. The predicted octanol–water partition coefficient (Wildman–Crippen LogP) is 5.02. The number of benzene rings is 2. The smallest absolute Gasteiger partial charge is 0.251 e. The molecular weight excluding hydrogens is 428 g/mol. The van der Waals surface area contributed by atoms with Crippen molar-refractivity contribution in [1.82, 2.24) is 19.6 Å². The first kappa shape index (κ1) is 21.7. The number of aromatic nitrogens is 2. The molecule has 0 radical (unpaired) electrons. The van der Waals surface area contributed by atoms with Crippen LogP contribution in [0.15, 0.2) is 90.1 Å². The Hall–Kier alpha value is -3.09. The number of nitrogens with zero attached hydrogens (tertiary/aromatic N) is 3. The molecular formula is C27H28N4OS. The summed E-state index contributed by atoms with van der Waals surface area (Å²) in [6.45, 7) is 3.01. The number of nitrogens with one attached hydrogen (secondary N) is 1. The first-order valence-corrected chi connectivity index (χ1v) is 12.4. The highest BCUT2D eigenvalue weighted by molar-refractivity contribution is 7.98. The maximum absolute atomic E-state index is 12.7. The molecule has 3 heterocycles. The Balaban J connectivity index is 1.09. The Morgan fingerprint density at radius 1 is 0.970 bits per heavy atom. The van der Waals surface area contributed by atoms with Gasteiger partial charge in [-0.3, -0.25) is 9.69 Å². The first-order valence-electron chi connectivity index (χ1n) is 11.5. The van der Waals surface area contributed by atoms with E-state index in [0.717, 1.165) is 60.0 Å². The average Bonchev–Trinajstić information content (AvgIpc) is 3.28. The minimum absolute atomic E-state index is 0.0217. The number of hydrogen-bond donors (Lipinski definition) is 1. The van der Waals surface area contributed by atoms with E-state index >= 15 is 0 Å². The first-order chi connectivity index (χ1) is 16.2. The van der Waals surface area contributed by atoms with Crippen LogP contribution in [0.5, 0.6) is 0 Å². The number of piperidine rings is 1. The van der Waals surface area contributed by atoms with Gasteiger partial charge in [0.05, 0.1) is 5.69 Å². The molecule has 1 amide bonds. The maximum Gasteiger partial charge on any atom is 0.251 e. The van der Waals surface area contributed by atoms with E-state index in [4.69, 9.17) is 0 Å². The molecule has 168 valence electrons. The molecule has 1 N–H and O–H groups in total. The van der Waals surface area contributed by atoms with E-state index in [1.165, 1.54) is 5.56 Å². The van der Waals surface area contributed by atoms with Crippen LogP contribution in [0.4, 0.5) is 0 Å². The Labute approximate surface area is 198 Å². The number of fused-ring (bicyclic) bond motifs is 1. The Bertz CT molecular complexity index is 1160. The van der Waals surface area contributed by atoms with Crippen molar-refractivity contribution in [2.75, 3.05) is 13.1 Å². The average molecular weight is 457 g/mol. The number of hydrogen-bond acceptors (Lipinski definition) is 4. The van der Waals surface area contributed by atoms with E-state index in [2.05, 4.69) is 51.7 Å². The molecule has 6 heteroatoms. The van der Waals surface area contributed by atoms with Gasteiger partial charge in [-0.15, -0.1) is 11.8 Å². The summed E-state index contributed by atoms with van der Waals surface area (Å²) in [4.78, 5) is 21.0. The number of carbonyl (C=O) groups is 1. The molecule has 1 fully saturated rings. The van der Waals surface area contributed by atoms with Gasteiger partial charge < -0.3 is 9.72 Å². The molecule has 2 aromatic carbocycles. The van der Waals surface area contributed by atoms with Crippen molar-refractivity contribution < 1.29 is 4.79 Å². The molecule has 1 aliphatic rings. The fourth-order valence-electron chi connectivity index (χ4n) is 4.26. The van der Waals surface area contributed by atoms with E-state index in [-0.39, 0.29) is 11.9 Å². The van der Waals surface area contributed by atoms with Crippen LogP contribution in [0, 0.1) is 0 Å². The van der Waals surface area contributed by atoms with Crippen LogP contribution in [-0.2, 0) is 12.3 Å². The Morgan fingerprint density at radius 2 is 1.73 bits per heavy atom. The molecule has 0 saturated carbocycles. The zero-order valence-electron chi connectivity index (χ0n) is 18.6. The number of thioether (sulfide) groups is 1. The van der Waals surface area contributed by atoms with Gasteiger partial charge in [0, 0.05) is 54.3 Å². The van der Waals surface area contributed by atoms with Gasteiger partial charge in [-0.05, 0) is 54.8 Å². The zero-order valence-corrected chi connectivity index (χ0v) is 19.4. The maximum atomic E-state index is 12.7. The lowest BCUT2D eigenvalue weighted by Gasteiger charge is -2.32. The Morgan fingerprint density at radius 3 is 2.48 bits per heavy atom. The van der Waals surface area contributed by atoms with Gasteiger partial charge in [-0.2, -0.15) is 0 Å². The number of carbonyl (C=O) groups excluding carboxylic acids is 1. The monoisotopic (exact) mass is 456 g/mol. The molecule has 1 aliphatic heterocycles. The third-order valence-corrected chi connectivity index (χ3v) is 7.13. The van der Waals surface area contributed by atoms with Crippen molar-refractivity contribution in [2.45, 2.75) is 36.1 Å². The SMILES string of the molecule is O=C(NC1CCN(Cc2ccccc2)CC1)c1ccc(SCc2cn3ccccc3n2)cc1. The van der Waals surface area contributed by atoms with Crippen molar-refractivity contribution in [3.05, 3.63) is 102 Å². The lowest BCUT2D eigenvalue weighted by Crippen LogP contribution is -2.44. The molecule has 5 rings (SSSR count). The summed E-state index contributed by atoms with van der Waals surface area (Å²) in [5.41, 5.74) is 4.08. The van der Waals surface area contributed by atoms with E-state index in [9.17, 15) is 4.79 Å². The molecule has 0 spiro atoms. The summed E-state index contributed by atoms with van der Waals surface area (Å²) < 4.78 is 2.04. The van der Waals surface area contributed by atoms with Crippen molar-refractivity contribution in [3.8, 4) is 0 Å². The summed E-state index contributed by atoms with van der Waals surface area (Å²) in [5.74, 6) is 0.822. The third-order valence-electron chi connectivity index (χ3n) is 6.09. The van der Waals surface area contributed by atoms with Crippen LogP contribution in [0.25, 0.3) is 5.65 Å². The van der Waals surface area contributed by atoms with E-state index in [0.29, 0.717) is 0 Å². The number of rotatable bonds is 7. The largest absolute Gasteiger partial charge is 0.349 e. The second-order valence-electron chi connectivity index (χ2n) is 8.52. The van der Waals surface area contributed by atoms with Crippen LogP contribution < -0.4 is 5.32 Å². The van der Waals surface area contributed by atoms with Crippen molar-refractivity contribution in [2.24, 2.45) is 0 Å². The summed E-state index contributed by atoms with van der Waals surface area (Å²) in [5, 5.41) is 3.23. The summed E-state index contributed by atoms with van der Waals surface area (Å²) in [6.07, 6.45) is 6.06. The van der Waals surface area contributed by atoms with Gasteiger partial charge in [-0.1, -0.05) is 36.4 Å². The van der Waals surface area contributed by atoms with Crippen LogP contribution in [0.1, 0.15) is 34.5 Å². The molecule has 0 bridgehead atoms. The molecule has 2 aromatic heterocycles. The second-order valence-corrected chi connectivity index (χ2v) is 9.57. The van der Waals surface area contributed by atoms with E-state index in [1.54, 1.807) is 11.8 Å². The minimum atomic E-state index is 0.0217. The lowest BCUT2D eigenvalue weighted by molar-refractivity contribution is 0.0909. The van der Waals surface area contributed by atoms with Gasteiger partial charge in [0.1, 0.15) is 5.65 Å². The van der Waals surface area contributed by atoms with Gasteiger partial charge >= 0.3 is 0 Å². The summed E-state index contributed by atoms with van der Waals surface area (Å²) in [7, 11) is 0. The fraction of sp³-hybridized carbons (Fsp3) is 0.259. The molecule has 4 aromatic rings. The fourth-order valence-corrected chi connectivity index (χ4v) is 5.04. The highest BCUT2D eigenvalue weighted by Gasteiger charge is 2.21. The van der Waals surface area contributed by atoms with Crippen LogP contribution in [-0.4, -0.2) is 39.3 Å². The van der Waals surface area contributed by atoms with Gasteiger partial charge in [0.2, 0.25) is 0 Å². The van der Waals surface area contributed by atoms with Crippen molar-refractivity contribution in [1.29, 1.82) is 0 Å². The zero-order chi connectivity index (χ0) is 22.5. The molecule has 1 saturated heterocycles. The van der Waals surface area contributed by atoms with Gasteiger partial charge in [-0.25, -0.2) is 4.98 Å². The van der Waals surface area contributed by atoms with Crippen LogP contribution >= 0.6 is 11.8 Å². The molecule has 0 unspecified atom stereocenters. The van der Waals surface area contributed by atoms with Crippen LogP contribution in [0.2, 0.25) is 0 Å². The predicted molar refractivity (Wildman–Crippen MR) is 133 cm³/mol. The quantitative estimate of drug-likeness (QED) is 0.397. The molecule has 0 atom stereocenters. The lowest BCUT2D eigenvalue weighted by atomic mass is 10.0. The third kappa shape index (κ3) is 5.64. The number of amides is 1. The number of imidazole rings is 1. The molecule has 0 aliphatic carbocycles.